The number of aliphatic imine (C=N–C) groups is 1. The van der Waals surface area contributed by atoms with Gasteiger partial charge in [0, 0.05) is 58.4 Å². The molecule has 2 fully saturated rings. The number of nitrogens with one attached hydrogen (secondary N) is 1. The minimum atomic E-state index is 0. The number of halogens is 1. The summed E-state index contributed by atoms with van der Waals surface area (Å²) in [5.74, 6) is 1.59. The molecule has 1 amide bonds. The van der Waals surface area contributed by atoms with Gasteiger partial charge in [0.2, 0.25) is 0 Å². The molecule has 1 aromatic rings. The van der Waals surface area contributed by atoms with E-state index in [2.05, 4.69) is 28.3 Å². The van der Waals surface area contributed by atoms with Gasteiger partial charge in [-0.15, -0.1) is 24.0 Å². The molecule has 1 atom stereocenters. The summed E-state index contributed by atoms with van der Waals surface area (Å²) in [7, 11) is 3.87. The van der Waals surface area contributed by atoms with Gasteiger partial charge in [-0.05, 0) is 43.4 Å². The number of hydrogen-bond donors (Lipinski definition) is 1. The molecule has 156 valence electrons. The molecule has 1 N–H and O–H groups in total. The Kier molecular flexibility index (Phi) is 9.50. The number of benzene rings is 1. The normalized spacial score (nSPS) is 19.9. The Balaban J connectivity index is 0.00000280. The molecular formula is C21H33IN4O2. The van der Waals surface area contributed by atoms with Crippen LogP contribution in [0.5, 0.6) is 0 Å². The van der Waals surface area contributed by atoms with Gasteiger partial charge in [0.1, 0.15) is 0 Å². The summed E-state index contributed by atoms with van der Waals surface area (Å²) in [6, 6.07) is 7.94. The Morgan fingerprint density at radius 2 is 2.11 bits per heavy atom. The molecule has 2 aliphatic heterocycles. The van der Waals surface area contributed by atoms with Crippen molar-refractivity contribution < 1.29 is 9.53 Å². The lowest BCUT2D eigenvalue weighted by Crippen LogP contribution is -2.41. The third kappa shape index (κ3) is 6.34. The number of carbonyl (C=O) groups is 1. The first-order chi connectivity index (χ1) is 13.2. The van der Waals surface area contributed by atoms with E-state index in [-0.39, 0.29) is 29.9 Å². The zero-order valence-electron chi connectivity index (χ0n) is 17.0. The summed E-state index contributed by atoms with van der Waals surface area (Å²) >= 11 is 0. The van der Waals surface area contributed by atoms with E-state index >= 15 is 0 Å². The van der Waals surface area contributed by atoms with Gasteiger partial charge in [-0.3, -0.25) is 9.79 Å². The van der Waals surface area contributed by atoms with Crippen LogP contribution in [0.25, 0.3) is 0 Å². The predicted octanol–water partition coefficient (Wildman–Crippen LogP) is 2.97. The summed E-state index contributed by atoms with van der Waals surface area (Å²) in [4.78, 5) is 21.2. The summed E-state index contributed by atoms with van der Waals surface area (Å²) < 4.78 is 5.46. The second-order valence-corrected chi connectivity index (χ2v) is 7.56. The maximum atomic E-state index is 12.7. The highest BCUT2D eigenvalue weighted by atomic mass is 127. The van der Waals surface area contributed by atoms with Gasteiger partial charge in [-0.1, -0.05) is 12.1 Å². The largest absolute Gasteiger partial charge is 0.381 e. The number of hydrogen-bond acceptors (Lipinski definition) is 3. The number of piperidine rings is 1. The standard InChI is InChI=1S/C21H32N4O2.HI/c1-22-21(24(2)15-18-9-12-27-16-18)23-14-17-7-6-8-19(13-17)20(26)25-10-4-3-5-11-25;/h6-8,13,18H,3-5,9-12,14-16H2,1-2H3,(H,22,23);1H. The van der Waals surface area contributed by atoms with Crippen LogP contribution in [-0.4, -0.2) is 68.6 Å². The van der Waals surface area contributed by atoms with Crippen molar-refractivity contribution in [1.29, 1.82) is 0 Å². The van der Waals surface area contributed by atoms with Crippen LogP contribution in [0, 0.1) is 5.92 Å². The zero-order valence-corrected chi connectivity index (χ0v) is 19.4. The molecule has 1 unspecified atom stereocenters. The first kappa shape index (κ1) is 22.9. The summed E-state index contributed by atoms with van der Waals surface area (Å²) in [5, 5.41) is 3.42. The van der Waals surface area contributed by atoms with Gasteiger partial charge < -0.3 is 19.9 Å². The number of ether oxygens (including phenoxy) is 1. The van der Waals surface area contributed by atoms with Crippen molar-refractivity contribution >= 4 is 35.8 Å². The number of nitrogens with zero attached hydrogens (tertiary/aromatic N) is 3. The fourth-order valence-electron chi connectivity index (χ4n) is 3.86. The molecule has 0 aliphatic carbocycles. The van der Waals surface area contributed by atoms with E-state index < -0.39 is 0 Å². The van der Waals surface area contributed by atoms with Crippen LogP contribution >= 0.6 is 24.0 Å². The quantitative estimate of drug-likeness (QED) is 0.384. The highest BCUT2D eigenvalue weighted by Crippen LogP contribution is 2.15. The lowest BCUT2D eigenvalue weighted by atomic mass is 10.1. The van der Waals surface area contributed by atoms with Crippen LogP contribution in [0.2, 0.25) is 0 Å². The number of carbonyl (C=O) groups excluding carboxylic acids is 1. The van der Waals surface area contributed by atoms with E-state index in [1.165, 1.54) is 6.42 Å². The maximum Gasteiger partial charge on any atom is 0.253 e. The van der Waals surface area contributed by atoms with E-state index in [0.717, 1.165) is 69.2 Å². The third-order valence-electron chi connectivity index (χ3n) is 5.40. The van der Waals surface area contributed by atoms with Crippen LogP contribution in [0.3, 0.4) is 0 Å². The molecule has 3 rings (SSSR count). The van der Waals surface area contributed by atoms with Crippen molar-refractivity contribution in [2.24, 2.45) is 10.9 Å². The van der Waals surface area contributed by atoms with Gasteiger partial charge in [0.15, 0.2) is 5.96 Å². The minimum Gasteiger partial charge on any atom is -0.381 e. The smallest absolute Gasteiger partial charge is 0.253 e. The first-order valence-corrected chi connectivity index (χ1v) is 10.0. The van der Waals surface area contributed by atoms with Crippen molar-refractivity contribution in [3.63, 3.8) is 0 Å². The van der Waals surface area contributed by atoms with Crippen LogP contribution in [0.1, 0.15) is 41.6 Å². The Morgan fingerprint density at radius 3 is 2.79 bits per heavy atom. The van der Waals surface area contributed by atoms with Gasteiger partial charge in [0.05, 0.1) is 6.61 Å². The average Bonchev–Trinajstić information content (AvgIpc) is 3.22. The van der Waals surface area contributed by atoms with Crippen LogP contribution in [-0.2, 0) is 11.3 Å². The molecule has 2 saturated heterocycles. The van der Waals surface area contributed by atoms with E-state index in [1.807, 2.05) is 23.1 Å². The number of rotatable bonds is 5. The monoisotopic (exact) mass is 500 g/mol. The molecule has 0 bridgehead atoms. The van der Waals surface area contributed by atoms with E-state index in [1.54, 1.807) is 7.05 Å². The number of guanidine groups is 1. The van der Waals surface area contributed by atoms with Crippen molar-refractivity contribution in [1.82, 2.24) is 15.1 Å². The lowest BCUT2D eigenvalue weighted by Gasteiger charge is -2.27. The van der Waals surface area contributed by atoms with Gasteiger partial charge in [-0.2, -0.15) is 0 Å². The summed E-state index contributed by atoms with van der Waals surface area (Å²) in [6.07, 6.45) is 4.57. The van der Waals surface area contributed by atoms with Crippen molar-refractivity contribution in [2.75, 3.05) is 46.9 Å². The second-order valence-electron chi connectivity index (χ2n) is 7.56. The van der Waals surface area contributed by atoms with E-state index in [9.17, 15) is 4.79 Å². The fourth-order valence-corrected chi connectivity index (χ4v) is 3.86. The Labute approximate surface area is 185 Å². The van der Waals surface area contributed by atoms with Crippen molar-refractivity contribution in [2.45, 2.75) is 32.2 Å². The zero-order chi connectivity index (χ0) is 19.1. The molecule has 0 radical (unpaired) electrons. The van der Waals surface area contributed by atoms with Crippen LogP contribution in [0.4, 0.5) is 0 Å². The predicted molar refractivity (Wildman–Crippen MR) is 123 cm³/mol. The topological polar surface area (TPSA) is 57.2 Å². The SMILES string of the molecule is CN=C(NCc1cccc(C(=O)N2CCCCC2)c1)N(C)CC1CCOC1.I. The molecule has 2 aliphatic rings. The molecule has 0 spiro atoms. The highest BCUT2D eigenvalue weighted by molar-refractivity contribution is 14.0. The summed E-state index contributed by atoms with van der Waals surface area (Å²) in [5.41, 5.74) is 1.87. The molecular weight excluding hydrogens is 467 g/mol. The van der Waals surface area contributed by atoms with Crippen molar-refractivity contribution in [3.05, 3.63) is 35.4 Å². The average molecular weight is 500 g/mol. The fraction of sp³-hybridized carbons (Fsp3) is 0.619. The third-order valence-corrected chi connectivity index (χ3v) is 5.40. The van der Waals surface area contributed by atoms with Gasteiger partial charge in [-0.25, -0.2) is 0 Å². The maximum absolute atomic E-state index is 12.7. The summed E-state index contributed by atoms with van der Waals surface area (Å²) in [6.45, 7) is 5.05. The van der Waals surface area contributed by atoms with Crippen molar-refractivity contribution in [3.8, 4) is 0 Å². The highest BCUT2D eigenvalue weighted by Gasteiger charge is 2.20. The molecule has 0 aromatic heterocycles. The minimum absolute atomic E-state index is 0. The Hall–Kier alpha value is -1.35. The van der Waals surface area contributed by atoms with Gasteiger partial charge >= 0.3 is 0 Å². The molecule has 1 aromatic carbocycles. The Morgan fingerprint density at radius 1 is 1.32 bits per heavy atom. The molecule has 2 heterocycles. The first-order valence-electron chi connectivity index (χ1n) is 10.0. The van der Waals surface area contributed by atoms with Crippen LogP contribution in [0.15, 0.2) is 29.3 Å². The molecule has 7 heteroatoms. The van der Waals surface area contributed by atoms with Gasteiger partial charge in [0.25, 0.3) is 5.91 Å². The molecule has 28 heavy (non-hydrogen) atoms. The molecule has 6 nitrogen and oxygen atoms in total. The number of amides is 1. The number of likely N-dealkylation sites (tertiary alicyclic amines) is 1. The molecule has 0 saturated carbocycles. The lowest BCUT2D eigenvalue weighted by molar-refractivity contribution is 0.0724. The van der Waals surface area contributed by atoms with E-state index in [0.29, 0.717) is 12.5 Å². The van der Waals surface area contributed by atoms with E-state index in [4.69, 9.17) is 4.74 Å². The second kappa shape index (κ2) is 11.6. The Bertz CT molecular complexity index is 656. The van der Waals surface area contributed by atoms with Crippen LogP contribution < -0.4 is 5.32 Å².